The predicted octanol–water partition coefficient (Wildman–Crippen LogP) is 7.75. The molecule has 0 saturated heterocycles. The number of hydrogen-bond donors (Lipinski definition) is 1. The van der Waals surface area contributed by atoms with Crippen LogP contribution in [0.4, 0.5) is 35.1 Å². The third-order valence-corrected chi connectivity index (χ3v) is 5.99. The third kappa shape index (κ3) is 5.52. The quantitative estimate of drug-likeness (QED) is 0.301. The number of benzene rings is 2. The smallest absolute Gasteiger partial charge is 0.430 e. The van der Waals surface area contributed by atoms with E-state index in [0.29, 0.717) is 17.7 Å². The van der Waals surface area contributed by atoms with E-state index in [1.807, 2.05) is 0 Å². The molecule has 0 fully saturated rings. The molecule has 3 rings (SSSR count). The lowest BCUT2D eigenvalue weighted by atomic mass is 9.86. The second-order valence-corrected chi connectivity index (χ2v) is 8.35. The fraction of sp³-hybridized carbons (Fsp3) is 0.261. The van der Waals surface area contributed by atoms with E-state index in [-0.39, 0.29) is 39.6 Å². The molecule has 0 saturated carbocycles. The minimum atomic E-state index is -6.14. The largest absolute Gasteiger partial charge is 0.434 e. The van der Waals surface area contributed by atoms with E-state index in [4.69, 9.17) is 23.2 Å². The fourth-order valence-corrected chi connectivity index (χ4v) is 4.14. The summed E-state index contributed by atoms with van der Waals surface area (Å²) in [5.41, 5.74) is -6.72. The Bertz CT molecular complexity index is 1200. The number of aryl methyl sites for hydroxylation is 1. The van der Waals surface area contributed by atoms with Gasteiger partial charge >= 0.3 is 19.0 Å². The van der Waals surface area contributed by atoms with Crippen LogP contribution < -0.4 is 4.74 Å². The van der Waals surface area contributed by atoms with Gasteiger partial charge in [0, 0.05) is 23.5 Å². The van der Waals surface area contributed by atoms with Gasteiger partial charge in [0.1, 0.15) is 5.75 Å². The summed E-state index contributed by atoms with van der Waals surface area (Å²) >= 11 is 12.2. The van der Waals surface area contributed by atoms with Gasteiger partial charge in [0.25, 0.3) is 5.60 Å². The topological polar surface area (TPSA) is 42.4 Å². The SMILES string of the molecule is OC(c1ccc(CCc2c(Cl)cncc2Cl)c(-c2ccccc2OC(F)F)c1)(C(F)(F)F)C(F)(F)F. The van der Waals surface area contributed by atoms with Gasteiger partial charge in [-0.25, -0.2) is 0 Å². The molecule has 0 spiro atoms. The molecule has 1 aromatic heterocycles. The summed E-state index contributed by atoms with van der Waals surface area (Å²) in [6.07, 6.45) is -9.63. The highest BCUT2D eigenvalue weighted by Gasteiger charge is 2.71. The van der Waals surface area contributed by atoms with Crippen LogP contribution in [-0.4, -0.2) is 29.1 Å². The lowest BCUT2D eigenvalue weighted by molar-refractivity contribution is -0.376. The number of alkyl halides is 8. The summed E-state index contributed by atoms with van der Waals surface area (Å²) in [6, 6.07) is 6.77. The zero-order valence-corrected chi connectivity index (χ0v) is 19.3. The van der Waals surface area contributed by atoms with Gasteiger partial charge < -0.3 is 9.84 Å². The number of hydrogen-bond acceptors (Lipinski definition) is 3. The average molecular weight is 560 g/mol. The fourth-order valence-electron chi connectivity index (χ4n) is 3.58. The first-order chi connectivity index (χ1) is 16.7. The summed E-state index contributed by atoms with van der Waals surface area (Å²) < 4.78 is 111. The molecule has 0 aliphatic heterocycles. The third-order valence-electron chi connectivity index (χ3n) is 5.34. The Labute approximate surface area is 209 Å². The molecule has 0 bridgehead atoms. The molecule has 0 unspecified atom stereocenters. The summed E-state index contributed by atoms with van der Waals surface area (Å²) in [5.74, 6) is -0.492. The number of aromatic nitrogens is 1. The Morgan fingerprint density at radius 1 is 0.833 bits per heavy atom. The van der Waals surface area contributed by atoms with Crippen molar-refractivity contribution in [2.45, 2.75) is 37.4 Å². The normalized spacial score (nSPS) is 12.8. The van der Waals surface area contributed by atoms with E-state index in [1.165, 1.54) is 30.6 Å². The second-order valence-electron chi connectivity index (χ2n) is 7.53. The van der Waals surface area contributed by atoms with Crippen LogP contribution in [0, 0.1) is 0 Å². The summed E-state index contributed by atoms with van der Waals surface area (Å²) in [5, 5.41) is 10.2. The van der Waals surface area contributed by atoms with Crippen molar-refractivity contribution in [3.63, 3.8) is 0 Å². The Morgan fingerprint density at radius 2 is 1.42 bits per heavy atom. The molecule has 0 atom stereocenters. The van der Waals surface area contributed by atoms with Crippen molar-refractivity contribution in [3.05, 3.63) is 81.6 Å². The van der Waals surface area contributed by atoms with Crippen molar-refractivity contribution in [2.24, 2.45) is 0 Å². The van der Waals surface area contributed by atoms with Gasteiger partial charge in [0.15, 0.2) is 0 Å². The van der Waals surface area contributed by atoms with E-state index >= 15 is 0 Å². The van der Waals surface area contributed by atoms with Crippen LogP contribution in [0.15, 0.2) is 54.9 Å². The van der Waals surface area contributed by atoms with Crippen LogP contribution in [0.5, 0.6) is 5.75 Å². The van der Waals surface area contributed by atoms with Crippen molar-refractivity contribution >= 4 is 23.2 Å². The molecule has 194 valence electrons. The lowest BCUT2D eigenvalue weighted by Gasteiger charge is -2.33. The monoisotopic (exact) mass is 559 g/mol. The molecular formula is C23H15Cl2F8NO2. The number of halogens is 10. The zero-order valence-electron chi connectivity index (χ0n) is 17.8. The molecule has 0 radical (unpaired) electrons. The minimum absolute atomic E-state index is 0.0292. The maximum Gasteiger partial charge on any atom is 0.430 e. The number of pyridine rings is 1. The lowest BCUT2D eigenvalue weighted by Crippen LogP contribution is -2.53. The first kappa shape index (κ1) is 27.9. The van der Waals surface area contributed by atoms with E-state index in [0.717, 1.165) is 12.1 Å². The maximum absolute atomic E-state index is 13.5. The Morgan fingerprint density at radius 3 is 1.97 bits per heavy atom. The highest BCUT2D eigenvalue weighted by atomic mass is 35.5. The summed E-state index contributed by atoms with van der Waals surface area (Å²) in [4.78, 5) is 3.80. The number of nitrogens with zero attached hydrogens (tertiary/aromatic N) is 1. The molecule has 3 aromatic rings. The van der Waals surface area contributed by atoms with Gasteiger partial charge in [-0.15, -0.1) is 0 Å². The van der Waals surface area contributed by atoms with E-state index < -0.39 is 35.9 Å². The van der Waals surface area contributed by atoms with Gasteiger partial charge in [-0.2, -0.15) is 35.1 Å². The minimum Gasteiger partial charge on any atom is -0.434 e. The van der Waals surface area contributed by atoms with Gasteiger partial charge in [-0.1, -0.05) is 53.5 Å². The number of rotatable bonds is 7. The van der Waals surface area contributed by atoms with Crippen LogP contribution >= 0.6 is 23.2 Å². The molecule has 1 N–H and O–H groups in total. The molecule has 0 amide bonds. The maximum atomic E-state index is 13.5. The second kappa shape index (κ2) is 10.4. The molecule has 36 heavy (non-hydrogen) atoms. The van der Waals surface area contributed by atoms with Gasteiger partial charge in [0.2, 0.25) is 0 Å². The molecule has 1 heterocycles. The van der Waals surface area contributed by atoms with Crippen molar-refractivity contribution in [3.8, 4) is 16.9 Å². The summed E-state index contributed by atoms with van der Waals surface area (Å²) in [6.45, 7) is -3.32. The molecule has 0 aliphatic carbocycles. The predicted molar refractivity (Wildman–Crippen MR) is 116 cm³/mol. The Kier molecular flexibility index (Phi) is 8.07. The standard InChI is InChI=1S/C23H15Cl2F8NO2/c24-17-10-34-11-18(25)15(17)8-6-12-5-7-13(21(35,22(28,29)30)23(31,32)33)9-16(12)14-3-1-2-4-19(14)36-20(26)27/h1-5,7,9-11,20,35H,6,8H2. The van der Waals surface area contributed by atoms with Crippen LogP contribution in [-0.2, 0) is 18.4 Å². The Hall–Kier alpha value is -2.63. The molecule has 2 aromatic carbocycles. The molecule has 13 heteroatoms. The van der Waals surface area contributed by atoms with Crippen LogP contribution in [0.1, 0.15) is 16.7 Å². The first-order valence-electron chi connectivity index (χ1n) is 9.98. The van der Waals surface area contributed by atoms with Crippen molar-refractivity contribution < 1.29 is 45.0 Å². The average Bonchev–Trinajstić information content (AvgIpc) is 2.77. The van der Waals surface area contributed by atoms with Gasteiger partial charge in [0.05, 0.1) is 10.0 Å². The van der Waals surface area contributed by atoms with Crippen molar-refractivity contribution in [2.75, 3.05) is 0 Å². The van der Waals surface area contributed by atoms with Crippen LogP contribution in [0.2, 0.25) is 10.0 Å². The van der Waals surface area contributed by atoms with Crippen molar-refractivity contribution in [1.29, 1.82) is 0 Å². The number of aliphatic hydroxyl groups is 1. The molecule has 0 aliphatic rings. The number of ether oxygens (including phenoxy) is 1. The van der Waals surface area contributed by atoms with Gasteiger partial charge in [-0.3, -0.25) is 4.98 Å². The van der Waals surface area contributed by atoms with Crippen LogP contribution in [0.3, 0.4) is 0 Å². The van der Waals surface area contributed by atoms with Crippen molar-refractivity contribution in [1.82, 2.24) is 4.98 Å². The van der Waals surface area contributed by atoms with E-state index in [2.05, 4.69) is 9.72 Å². The Balaban J connectivity index is 2.21. The molecule has 3 nitrogen and oxygen atoms in total. The van der Waals surface area contributed by atoms with E-state index in [1.54, 1.807) is 0 Å². The highest BCUT2D eigenvalue weighted by Crippen LogP contribution is 2.51. The first-order valence-corrected chi connectivity index (χ1v) is 10.7. The van der Waals surface area contributed by atoms with Crippen LogP contribution in [0.25, 0.3) is 11.1 Å². The zero-order chi connectivity index (χ0) is 26.9. The summed E-state index contributed by atoms with van der Waals surface area (Å²) in [7, 11) is 0. The van der Waals surface area contributed by atoms with Gasteiger partial charge in [-0.05, 0) is 41.7 Å². The van der Waals surface area contributed by atoms with E-state index in [9.17, 15) is 40.2 Å². The number of para-hydroxylation sites is 1. The highest BCUT2D eigenvalue weighted by molar-refractivity contribution is 6.35. The molecular weight excluding hydrogens is 545 g/mol.